The zero-order chi connectivity index (χ0) is 36.5. The van der Waals surface area contributed by atoms with Gasteiger partial charge in [0.05, 0.1) is 40.3 Å². The summed E-state index contributed by atoms with van der Waals surface area (Å²) in [6.07, 6.45) is 4.84. The molecule has 12 heteroatoms. The maximum atomic E-state index is 13.3. The molecule has 0 unspecified atom stereocenters. The minimum Gasteiger partial charge on any atom is -0.497 e. The molecule has 1 heterocycles. The van der Waals surface area contributed by atoms with Crippen LogP contribution in [0.3, 0.4) is 0 Å². The monoisotopic (exact) mass is 773 g/mol. The first-order valence-corrected chi connectivity index (χ1v) is 17.9. The van der Waals surface area contributed by atoms with E-state index in [2.05, 4.69) is 15.9 Å². The van der Waals surface area contributed by atoms with Gasteiger partial charge in [0.25, 0.3) is 5.91 Å². The number of hydrogen-bond acceptors (Lipinski definition) is 10. The van der Waals surface area contributed by atoms with Crippen LogP contribution in [0.2, 0.25) is 0 Å². The van der Waals surface area contributed by atoms with E-state index in [0.29, 0.717) is 76.7 Å². The summed E-state index contributed by atoms with van der Waals surface area (Å²) in [5, 5.41) is 0. The highest BCUT2D eigenvalue weighted by atomic mass is 79.9. The molecule has 1 aromatic heterocycles. The van der Waals surface area contributed by atoms with E-state index in [1.54, 1.807) is 89.8 Å². The summed E-state index contributed by atoms with van der Waals surface area (Å²) < 4.78 is 22.3. The molecule has 1 aliphatic carbocycles. The van der Waals surface area contributed by atoms with Crippen molar-refractivity contribution < 1.29 is 42.9 Å². The maximum Gasteiger partial charge on any atom is 0.337 e. The molecule has 264 valence electrons. The molecule has 0 radical (unpaired) electrons. The Bertz CT molecular complexity index is 1930. The molecule has 0 bridgehead atoms. The van der Waals surface area contributed by atoms with Gasteiger partial charge in [-0.15, -0.1) is 11.3 Å². The number of esters is 3. The third-order valence-corrected chi connectivity index (χ3v) is 10.2. The number of benzene rings is 3. The van der Waals surface area contributed by atoms with E-state index < -0.39 is 23.8 Å². The molecular formula is C39H36BrNO9S. The first kappa shape index (κ1) is 37.2. The third-order valence-electron chi connectivity index (χ3n) is 8.53. The number of carbonyl (C=O) groups is 5. The van der Waals surface area contributed by atoms with Gasteiger partial charge in [0.2, 0.25) is 0 Å². The van der Waals surface area contributed by atoms with Crippen LogP contribution in [0, 0.1) is 11.8 Å². The van der Waals surface area contributed by atoms with E-state index in [1.807, 2.05) is 6.92 Å². The van der Waals surface area contributed by atoms with E-state index >= 15 is 0 Å². The Morgan fingerprint density at radius 1 is 0.784 bits per heavy atom. The molecule has 0 spiro atoms. The Hall–Kier alpha value is -5.07. The van der Waals surface area contributed by atoms with E-state index in [0.717, 1.165) is 3.79 Å². The zero-order valence-electron chi connectivity index (χ0n) is 28.3. The molecule has 4 aromatic rings. The minimum absolute atomic E-state index is 0.176. The second-order valence-corrected chi connectivity index (χ2v) is 14.2. The van der Waals surface area contributed by atoms with Crippen molar-refractivity contribution >= 4 is 68.6 Å². The van der Waals surface area contributed by atoms with Gasteiger partial charge in [-0.3, -0.25) is 19.2 Å². The Morgan fingerprint density at radius 3 is 1.96 bits per heavy atom. The van der Waals surface area contributed by atoms with Crippen LogP contribution >= 0.6 is 27.3 Å². The van der Waals surface area contributed by atoms with Crippen molar-refractivity contribution in [3.63, 3.8) is 0 Å². The van der Waals surface area contributed by atoms with Gasteiger partial charge >= 0.3 is 17.9 Å². The summed E-state index contributed by atoms with van der Waals surface area (Å²) in [6.45, 7) is 2.25. The molecule has 5 rings (SSSR count). The molecule has 10 nitrogen and oxygen atoms in total. The summed E-state index contributed by atoms with van der Waals surface area (Å²) >= 11 is 4.69. The standard InChI is InChI=1S/C39H36BrNO9S/c1-4-41(29-14-9-25(10-15-29)37(44)48-3)36(43)24-11-16-30(17-12-24)49-38(45)26-5-7-27(8-6-26)39(46)50-33-20-18-31(47-2)23-28(33)13-19-32(42)34-21-22-35(40)51-34/h9-23,26-27H,4-8H2,1-3H3/b19-13+. The summed E-state index contributed by atoms with van der Waals surface area (Å²) in [5.74, 6) is -1.31. The molecule has 0 N–H and O–H groups in total. The van der Waals surface area contributed by atoms with Gasteiger partial charge in [-0.05, 0) is 140 Å². The van der Waals surface area contributed by atoms with Crippen LogP contribution in [-0.2, 0) is 14.3 Å². The molecule has 0 atom stereocenters. The molecule has 0 aliphatic heterocycles. The third kappa shape index (κ3) is 9.39. The van der Waals surface area contributed by atoms with Crippen molar-refractivity contribution in [2.24, 2.45) is 11.8 Å². The summed E-state index contributed by atoms with van der Waals surface area (Å²) in [7, 11) is 2.84. The number of carbonyl (C=O) groups excluding carboxylic acids is 5. The first-order valence-electron chi connectivity index (χ1n) is 16.3. The van der Waals surface area contributed by atoms with Crippen molar-refractivity contribution in [1.82, 2.24) is 0 Å². The number of thiophene rings is 1. The summed E-state index contributed by atoms with van der Waals surface area (Å²) in [5.41, 5.74) is 1.94. The Labute approximate surface area is 308 Å². The summed E-state index contributed by atoms with van der Waals surface area (Å²) in [6, 6.07) is 21.5. The van der Waals surface area contributed by atoms with Crippen molar-refractivity contribution in [3.05, 3.63) is 110 Å². The largest absolute Gasteiger partial charge is 0.497 e. The van der Waals surface area contributed by atoms with Gasteiger partial charge < -0.3 is 23.8 Å². The predicted molar refractivity (Wildman–Crippen MR) is 197 cm³/mol. The first-order chi connectivity index (χ1) is 24.6. The fourth-order valence-electron chi connectivity index (χ4n) is 5.69. The number of ether oxygens (including phenoxy) is 4. The topological polar surface area (TPSA) is 126 Å². The molecule has 1 aliphatic rings. The molecule has 51 heavy (non-hydrogen) atoms. The van der Waals surface area contributed by atoms with E-state index in [-0.39, 0.29) is 17.6 Å². The van der Waals surface area contributed by atoms with Gasteiger partial charge in [0.1, 0.15) is 17.2 Å². The van der Waals surface area contributed by atoms with Crippen molar-refractivity contribution in [1.29, 1.82) is 0 Å². The number of nitrogens with zero attached hydrogens (tertiary/aromatic N) is 1. The minimum atomic E-state index is -0.460. The van der Waals surface area contributed by atoms with Crippen LogP contribution in [0.4, 0.5) is 5.69 Å². The molecule has 3 aromatic carbocycles. The Morgan fingerprint density at radius 2 is 1.39 bits per heavy atom. The Kier molecular flexibility index (Phi) is 12.6. The van der Waals surface area contributed by atoms with Gasteiger partial charge in [-0.1, -0.05) is 0 Å². The van der Waals surface area contributed by atoms with E-state index in [9.17, 15) is 24.0 Å². The average molecular weight is 775 g/mol. The van der Waals surface area contributed by atoms with Gasteiger partial charge in [-0.2, -0.15) is 0 Å². The molecule has 0 saturated heterocycles. The zero-order valence-corrected chi connectivity index (χ0v) is 30.7. The summed E-state index contributed by atoms with van der Waals surface area (Å²) in [4.78, 5) is 66.0. The highest BCUT2D eigenvalue weighted by Crippen LogP contribution is 2.33. The van der Waals surface area contributed by atoms with Gasteiger partial charge in [-0.25, -0.2) is 4.79 Å². The van der Waals surface area contributed by atoms with Crippen LogP contribution in [0.5, 0.6) is 17.2 Å². The van der Waals surface area contributed by atoms with E-state index in [1.165, 1.54) is 31.6 Å². The number of anilines is 1. The molecule has 1 amide bonds. The van der Waals surface area contributed by atoms with Crippen LogP contribution in [0.15, 0.2) is 88.7 Å². The number of amides is 1. The lowest BCUT2D eigenvalue weighted by atomic mass is 9.82. The fourth-order valence-corrected chi connectivity index (χ4v) is 6.99. The SMILES string of the molecule is CCN(C(=O)c1ccc(OC(=O)C2CCC(C(=O)Oc3ccc(OC)cc3/C=C/C(=O)c3ccc(Br)s3)CC2)cc1)c1ccc(C(=O)OC)cc1. The average Bonchev–Trinajstić information content (AvgIpc) is 3.61. The van der Waals surface area contributed by atoms with Crippen LogP contribution in [0.1, 0.15) is 68.6 Å². The Balaban J connectivity index is 1.14. The number of rotatable bonds is 12. The lowest BCUT2D eigenvalue weighted by Gasteiger charge is -2.26. The van der Waals surface area contributed by atoms with Crippen LogP contribution in [-0.4, -0.2) is 50.4 Å². The van der Waals surface area contributed by atoms with Crippen LogP contribution in [0.25, 0.3) is 6.08 Å². The highest BCUT2D eigenvalue weighted by Gasteiger charge is 2.32. The smallest absolute Gasteiger partial charge is 0.337 e. The predicted octanol–water partition coefficient (Wildman–Crippen LogP) is 8.19. The second-order valence-electron chi connectivity index (χ2n) is 11.7. The number of allylic oxidation sites excluding steroid dienone is 1. The van der Waals surface area contributed by atoms with Gasteiger partial charge in [0, 0.05) is 23.4 Å². The highest BCUT2D eigenvalue weighted by molar-refractivity contribution is 9.11. The van der Waals surface area contributed by atoms with Gasteiger partial charge in [0.15, 0.2) is 5.78 Å². The normalized spacial score (nSPS) is 15.5. The maximum absolute atomic E-state index is 13.3. The lowest BCUT2D eigenvalue weighted by molar-refractivity contribution is -0.145. The number of ketones is 1. The van der Waals surface area contributed by atoms with E-state index in [4.69, 9.17) is 18.9 Å². The number of halogens is 1. The number of methoxy groups -OCH3 is 2. The molecule has 1 fully saturated rings. The van der Waals surface area contributed by atoms with Crippen LogP contribution < -0.4 is 19.1 Å². The molecule has 1 saturated carbocycles. The fraction of sp³-hybridized carbons (Fsp3) is 0.256. The second kappa shape index (κ2) is 17.2. The van der Waals surface area contributed by atoms with Crippen molar-refractivity contribution in [3.8, 4) is 17.2 Å². The van der Waals surface area contributed by atoms with Crippen molar-refractivity contribution in [2.45, 2.75) is 32.6 Å². The lowest BCUT2D eigenvalue weighted by Crippen LogP contribution is -2.31. The number of hydrogen-bond donors (Lipinski definition) is 0. The molecular weight excluding hydrogens is 738 g/mol. The quantitative estimate of drug-likeness (QED) is 0.0607. The van der Waals surface area contributed by atoms with Crippen molar-refractivity contribution in [2.75, 3.05) is 25.7 Å².